The van der Waals surface area contributed by atoms with E-state index >= 15 is 0 Å². The van der Waals surface area contributed by atoms with Gasteiger partial charge in [0.2, 0.25) is 5.95 Å². The van der Waals surface area contributed by atoms with Crippen LogP contribution in [-0.2, 0) is 10.0 Å². The zero-order chi connectivity index (χ0) is 19.6. The summed E-state index contributed by atoms with van der Waals surface area (Å²) in [5, 5.41) is 3.31. The van der Waals surface area contributed by atoms with E-state index in [-0.39, 0.29) is 10.8 Å². The Morgan fingerprint density at radius 3 is 2.61 bits per heavy atom. The molecule has 2 aromatic heterocycles. The fourth-order valence-corrected chi connectivity index (χ4v) is 4.38. The first-order valence-corrected chi connectivity index (χ1v) is 10.7. The van der Waals surface area contributed by atoms with Crippen LogP contribution in [0.1, 0.15) is 32.1 Å². The fraction of sp³-hybridized carbons (Fsp3) is 0.389. The van der Waals surface area contributed by atoms with Gasteiger partial charge in [-0.3, -0.25) is 0 Å². The van der Waals surface area contributed by atoms with Crippen LogP contribution in [0.15, 0.2) is 35.5 Å². The molecule has 1 aliphatic rings. The lowest BCUT2D eigenvalue weighted by molar-refractivity contribution is 0.373. The highest BCUT2D eigenvalue weighted by Crippen LogP contribution is 2.26. The normalized spacial score (nSPS) is 15.6. The van der Waals surface area contributed by atoms with Crippen molar-refractivity contribution in [1.29, 1.82) is 0 Å². The predicted molar refractivity (Wildman–Crippen MR) is 104 cm³/mol. The van der Waals surface area contributed by atoms with Gasteiger partial charge in [0, 0.05) is 6.54 Å². The van der Waals surface area contributed by atoms with Crippen LogP contribution in [0, 0.1) is 11.7 Å². The highest BCUT2D eigenvalue weighted by Gasteiger charge is 2.19. The summed E-state index contributed by atoms with van der Waals surface area (Å²) < 4.78 is 40.5. The quantitative estimate of drug-likeness (QED) is 0.581. The summed E-state index contributed by atoms with van der Waals surface area (Å²) in [4.78, 5) is 15.5. The van der Waals surface area contributed by atoms with Crippen molar-refractivity contribution in [3.63, 3.8) is 0 Å². The standard InChI is InChI=1S/C18H21FN6O2S/c19-13-6-8-14(9-7-13)28(26,27)25-18-23-16(15-17(24-18)22-11-21-15)20-10-12-4-2-1-3-5-12/h6-9,11-12H,1-5,10H2,(H3,20,21,22,23,24,25). The van der Waals surface area contributed by atoms with E-state index in [1.54, 1.807) is 0 Å². The van der Waals surface area contributed by atoms with Crippen LogP contribution in [0.5, 0.6) is 0 Å². The summed E-state index contributed by atoms with van der Waals surface area (Å²) in [5.74, 6) is 0.475. The topological polar surface area (TPSA) is 113 Å². The average Bonchev–Trinajstić information content (AvgIpc) is 3.15. The van der Waals surface area contributed by atoms with Crippen LogP contribution in [0.25, 0.3) is 11.2 Å². The average molecular weight is 404 g/mol. The number of hydrogen-bond donors (Lipinski definition) is 3. The summed E-state index contributed by atoms with van der Waals surface area (Å²) in [5.41, 5.74) is 0.985. The molecule has 0 bridgehead atoms. The van der Waals surface area contributed by atoms with E-state index in [0.717, 1.165) is 18.7 Å². The van der Waals surface area contributed by atoms with E-state index in [4.69, 9.17) is 0 Å². The van der Waals surface area contributed by atoms with Gasteiger partial charge in [-0.1, -0.05) is 19.3 Å². The van der Waals surface area contributed by atoms with E-state index in [1.165, 1.54) is 50.6 Å². The van der Waals surface area contributed by atoms with Gasteiger partial charge in [0.25, 0.3) is 10.0 Å². The Hall–Kier alpha value is -2.75. The molecular formula is C18H21FN6O2S. The van der Waals surface area contributed by atoms with Gasteiger partial charge in [0.1, 0.15) is 11.3 Å². The molecule has 148 valence electrons. The van der Waals surface area contributed by atoms with Gasteiger partial charge in [0.05, 0.1) is 11.2 Å². The summed E-state index contributed by atoms with van der Waals surface area (Å²) in [6.07, 6.45) is 7.59. The number of sulfonamides is 1. The van der Waals surface area contributed by atoms with Gasteiger partial charge >= 0.3 is 0 Å². The maximum atomic E-state index is 13.1. The molecule has 0 atom stereocenters. The van der Waals surface area contributed by atoms with Crippen LogP contribution in [0.3, 0.4) is 0 Å². The smallest absolute Gasteiger partial charge is 0.264 e. The molecule has 1 saturated carbocycles. The van der Waals surface area contributed by atoms with Gasteiger partial charge in [-0.15, -0.1) is 0 Å². The third-order valence-corrected chi connectivity index (χ3v) is 6.26. The Balaban J connectivity index is 1.58. The number of benzene rings is 1. The lowest BCUT2D eigenvalue weighted by Crippen LogP contribution is -2.19. The van der Waals surface area contributed by atoms with Gasteiger partial charge in [-0.2, -0.15) is 9.97 Å². The first-order chi connectivity index (χ1) is 13.5. The molecule has 28 heavy (non-hydrogen) atoms. The number of hydrogen-bond acceptors (Lipinski definition) is 6. The van der Waals surface area contributed by atoms with Crippen molar-refractivity contribution in [3.8, 4) is 0 Å². The number of nitrogens with zero attached hydrogens (tertiary/aromatic N) is 3. The minimum atomic E-state index is -3.94. The molecule has 1 fully saturated rings. The van der Waals surface area contributed by atoms with E-state index in [2.05, 4.69) is 30.0 Å². The highest BCUT2D eigenvalue weighted by molar-refractivity contribution is 7.92. The fourth-order valence-electron chi connectivity index (χ4n) is 3.43. The molecule has 2 heterocycles. The number of fused-ring (bicyclic) bond motifs is 1. The van der Waals surface area contributed by atoms with E-state index in [1.807, 2.05) is 0 Å². The van der Waals surface area contributed by atoms with Gasteiger partial charge in [0.15, 0.2) is 11.5 Å². The third-order valence-electron chi connectivity index (χ3n) is 4.92. The number of imidazole rings is 1. The van der Waals surface area contributed by atoms with Crippen molar-refractivity contribution < 1.29 is 12.8 Å². The first kappa shape index (κ1) is 18.6. The maximum Gasteiger partial charge on any atom is 0.264 e. The number of halogens is 1. The zero-order valence-electron chi connectivity index (χ0n) is 15.2. The second-order valence-electron chi connectivity index (χ2n) is 6.94. The van der Waals surface area contributed by atoms with Crippen molar-refractivity contribution >= 4 is 33.0 Å². The molecule has 0 spiro atoms. The van der Waals surface area contributed by atoms with E-state index < -0.39 is 15.8 Å². The van der Waals surface area contributed by atoms with Gasteiger partial charge in [-0.05, 0) is 43.0 Å². The molecular weight excluding hydrogens is 383 g/mol. The summed E-state index contributed by atoms with van der Waals surface area (Å²) in [6, 6.07) is 4.55. The Kier molecular flexibility index (Phi) is 5.12. The first-order valence-electron chi connectivity index (χ1n) is 9.25. The minimum absolute atomic E-state index is 0.0728. The van der Waals surface area contributed by atoms with Crippen LogP contribution in [0.4, 0.5) is 16.2 Å². The molecule has 0 aliphatic heterocycles. The van der Waals surface area contributed by atoms with Crippen LogP contribution in [-0.4, -0.2) is 34.9 Å². The van der Waals surface area contributed by atoms with Crippen molar-refractivity contribution in [1.82, 2.24) is 19.9 Å². The number of aromatic amines is 1. The van der Waals surface area contributed by atoms with E-state index in [0.29, 0.717) is 22.9 Å². The molecule has 3 N–H and O–H groups in total. The molecule has 8 nitrogen and oxygen atoms in total. The van der Waals surface area contributed by atoms with Crippen molar-refractivity contribution in [2.75, 3.05) is 16.6 Å². The number of H-pyrrole nitrogens is 1. The van der Waals surface area contributed by atoms with Crippen molar-refractivity contribution in [3.05, 3.63) is 36.4 Å². The Labute approximate surface area is 162 Å². The van der Waals surface area contributed by atoms with E-state index in [9.17, 15) is 12.8 Å². The predicted octanol–water partition coefficient (Wildman–Crippen LogP) is 3.29. The molecule has 1 aliphatic carbocycles. The molecule has 0 amide bonds. The minimum Gasteiger partial charge on any atom is -0.368 e. The molecule has 10 heteroatoms. The maximum absolute atomic E-state index is 13.1. The lowest BCUT2D eigenvalue weighted by Gasteiger charge is -2.22. The Morgan fingerprint density at radius 1 is 1.11 bits per heavy atom. The van der Waals surface area contributed by atoms with Gasteiger partial charge < -0.3 is 10.3 Å². The van der Waals surface area contributed by atoms with Crippen molar-refractivity contribution in [2.45, 2.75) is 37.0 Å². The largest absolute Gasteiger partial charge is 0.368 e. The summed E-state index contributed by atoms with van der Waals surface area (Å²) in [7, 11) is -3.94. The Bertz CT molecular complexity index is 1060. The Morgan fingerprint density at radius 2 is 1.86 bits per heavy atom. The molecule has 3 aromatic rings. The second kappa shape index (κ2) is 7.70. The van der Waals surface area contributed by atoms with Crippen LogP contribution in [0.2, 0.25) is 0 Å². The monoisotopic (exact) mass is 404 g/mol. The molecule has 4 rings (SSSR count). The van der Waals surface area contributed by atoms with Gasteiger partial charge in [-0.25, -0.2) is 22.5 Å². The third kappa shape index (κ3) is 4.06. The van der Waals surface area contributed by atoms with Crippen molar-refractivity contribution in [2.24, 2.45) is 5.92 Å². The lowest BCUT2D eigenvalue weighted by atomic mass is 9.89. The number of anilines is 2. The number of rotatable bonds is 6. The summed E-state index contributed by atoms with van der Waals surface area (Å²) >= 11 is 0. The highest BCUT2D eigenvalue weighted by atomic mass is 32.2. The number of nitrogens with one attached hydrogen (secondary N) is 3. The van der Waals surface area contributed by atoms with Crippen LogP contribution >= 0.6 is 0 Å². The molecule has 1 aromatic carbocycles. The molecule has 0 unspecified atom stereocenters. The van der Waals surface area contributed by atoms with Crippen LogP contribution < -0.4 is 10.0 Å². The number of aromatic nitrogens is 4. The SMILES string of the molecule is O=S(=O)(Nc1nc(NCC2CCCCC2)c2[nH]cnc2n1)c1ccc(F)cc1. The molecule has 0 saturated heterocycles. The second-order valence-corrected chi connectivity index (χ2v) is 8.62. The zero-order valence-corrected chi connectivity index (χ0v) is 16.0. The summed E-state index contributed by atoms with van der Waals surface area (Å²) in [6.45, 7) is 0.759. The molecule has 0 radical (unpaired) electrons.